The molecular weight excluding hydrogens is 237 g/mol. The third-order valence-corrected chi connectivity index (χ3v) is 2.21. The van der Waals surface area contributed by atoms with E-state index in [0.717, 1.165) is 6.42 Å². The number of halogens is 1. The van der Waals surface area contributed by atoms with E-state index in [2.05, 4.69) is 0 Å². The van der Waals surface area contributed by atoms with Gasteiger partial charge in [-0.3, -0.25) is 0 Å². The molecule has 0 aliphatic heterocycles. The highest BCUT2D eigenvalue weighted by Gasteiger charge is 2.08. The molecule has 1 rings (SSSR count). The van der Waals surface area contributed by atoms with Crippen LogP contribution in [0.4, 0.5) is 4.39 Å². The Labute approximate surface area is 106 Å². The predicted octanol–water partition coefficient (Wildman–Crippen LogP) is 2.13. The van der Waals surface area contributed by atoms with Crippen molar-refractivity contribution in [1.29, 1.82) is 5.26 Å². The number of rotatable bonds is 8. The van der Waals surface area contributed by atoms with Crippen LogP contribution in [-0.4, -0.2) is 33.5 Å². The third-order valence-electron chi connectivity index (χ3n) is 2.21. The van der Waals surface area contributed by atoms with Gasteiger partial charge in [-0.15, -0.1) is 0 Å². The Morgan fingerprint density at radius 1 is 1.22 bits per heavy atom. The van der Waals surface area contributed by atoms with Crippen molar-refractivity contribution in [3.8, 4) is 11.8 Å². The molecule has 0 fully saturated rings. The van der Waals surface area contributed by atoms with Gasteiger partial charge in [0.25, 0.3) is 0 Å². The van der Waals surface area contributed by atoms with Gasteiger partial charge in [0.1, 0.15) is 29.8 Å². The molecule has 0 saturated heterocycles. The van der Waals surface area contributed by atoms with Crippen molar-refractivity contribution in [3.05, 3.63) is 29.6 Å². The highest BCUT2D eigenvalue weighted by atomic mass is 19.1. The van der Waals surface area contributed by atoms with E-state index >= 15 is 0 Å². The van der Waals surface area contributed by atoms with Crippen LogP contribution in [0.2, 0.25) is 0 Å². The monoisotopic (exact) mass is 253 g/mol. The molecule has 4 nitrogen and oxygen atoms in total. The number of nitrogens with zero attached hydrogens (tertiary/aromatic N) is 1. The van der Waals surface area contributed by atoms with E-state index in [9.17, 15) is 4.39 Å². The van der Waals surface area contributed by atoms with E-state index in [0.29, 0.717) is 19.8 Å². The molecule has 0 saturated carbocycles. The molecule has 5 heteroatoms. The molecule has 0 aromatic heterocycles. The summed E-state index contributed by atoms with van der Waals surface area (Å²) < 4.78 is 28.7. The van der Waals surface area contributed by atoms with Crippen LogP contribution in [0.25, 0.3) is 0 Å². The summed E-state index contributed by atoms with van der Waals surface area (Å²) >= 11 is 0. The van der Waals surface area contributed by atoms with E-state index in [1.54, 1.807) is 19.2 Å². The van der Waals surface area contributed by atoms with Gasteiger partial charge in [-0.25, -0.2) is 4.39 Å². The molecular formula is C13H16FNO3. The molecule has 0 N–H and O–H groups in total. The fraction of sp³-hybridized carbons (Fsp3) is 0.462. The molecule has 0 heterocycles. The van der Waals surface area contributed by atoms with Crippen LogP contribution < -0.4 is 4.74 Å². The van der Waals surface area contributed by atoms with Gasteiger partial charge in [0, 0.05) is 20.3 Å². The van der Waals surface area contributed by atoms with E-state index in [1.807, 2.05) is 0 Å². The first-order valence-corrected chi connectivity index (χ1v) is 5.67. The minimum atomic E-state index is -0.573. The molecule has 0 radical (unpaired) electrons. The number of hydrogen-bond donors (Lipinski definition) is 0. The summed E-state index contributed by atoms with van der Waals surface area (Å²) in [6.07, 6.45) is 0.819. The van der Waals surface area contributed by atoms with Crippen molar-refractivity contribution in [1.82, 2.24) is 0 Å². The molecule has 18 heavy (non-hydrogen) atoms. The van der Waals surface area contributed by atoms with Crippen molar-refractivity contribution < 1.29 is 18.6 Å². The fourth-order valence-electron chi connectivity index (χ4n) is 1.35. The van der Waals surface area contributed by atoms with Crippen molar-refractivity contribution in [2.24, 2.45) is 0 Å². The number of nitriles is 1. The average Bonchev–Trinajstić information content (AvgIpc) is 2.38. The maximum absolute atomic E-state index is 13.2. The van der Waals surface area contributed by atoms with Gasteiger partial charge in [0.2, 0.25) is 0 Å². The van der Waals surface area contributed by atoms with Gasteiger partial charge in [-0.05, 0) is 18.6 Å². The summed E-state index contributed by atoms with van der Waals surface area (Å²) in [7, 11) is 1.64. The molecule has 1 aromatic rings. The summed E-state index contributed by atoms with van der Waals surface area (Å²) in [6, 6.07) is 6.07. The first kappa shape index (κ1) is 14.4. The lowest BCUT2D eigenvalue weighted by Gasteiger charge is -2.08. The van der Waals surface area contributed by atoms with Gasteiger partial charge in [-0.1, -0.05) is 6.07 Å². The lowest BCUT2D eigenvalue weighted by Crippen LogP contribution is -2.09. The number of benzene rings is 1. The lowest BCUT2D eigenvalue weighted by molar-refractivity contribution is 0.0805. The van der Waals surface area contributed by atoms with Crippen LogP contribution in [0.5, 0.6) is 5.75 Å². The van der Waals surface area contributed by atoms with Crippen molar-refractivity contribution in [3.63, 3.8) is 0 Å². The number of hydrogen-bond acceptors (Lipinski definition) is 4. The Hall–Kier alpha value is -1.64. The maximum Gasteiger partial charge on any atom is 0.144 e. The summed E-state index contributed by atoms with van der Waals surface area (Å²) in [5.74, 6) is -0.325. The molecule has 0 unspecified atom stereocenters. The summed E-state index contributed by atoms with van der Waals surface area (Å²) in [6.45, 7) is 1.92. The predicted molar refractivity (Wildman–Crippen MR) is 63.9 cm³/mol. The summed E-state index contributed by atoms with van der Waals surface area (Å²) in [5.41, 5.74) is -0.0723. The van der Waals surface area contributed by atoms with Crippen molar-refractivity contribution >= 4 is 0 Å². The average molecular weight is 253 g/mol. The van der Waals surface area contributed by atoms with Crippen LogP contribution in [-0.2, 0) is 9.47 Å². The third kappa shape index (κ3) is 4.70. The Kier molecular flexibility index (Phi) is 6.77. The molecule has 0 aliphatic rings. The molecule has 0 amide bonds. The SMILES string of the molecule is COCCCOCCOc1cccc(F)c1C#N. The van der Waals surface area contributed by atoms with Gasteiger partial charge in [0.05, 0.1) is 6.61 Å². The van der Waals surface area contributed by atoms with Gasteiger partial charge in [-0.2, -0.15) is 5.26 Å². The number of methoxy groups -OCH3 is 1. The van der Waals surface area contributed by atoms with E-state index < -0.39 is 5.82 Å². The van der Waals surface area contributed by atoms with Crippen molar-refractivity contribution in [2.45, 2.75) is 6.42 Å². The molecule has 0 aliphatic carbocycles. The van der Waals surface area contributed by atoms with E-state index in [-0.39, 0.29) is 17.9 Å². The van der Waals surface area contributed by atoms with E-state index in [1.165, 1.54) is 12.1 Å². The smallest absolute Gasteiger partial charge is 0.144 e. The zero-order chi connectivity index (χ0) is 13.2. The second kappa shape index (κ2) is 8.45. The minimum Gasteiger partial charge on any atom is -0.490 e. The largest absolute Gasteiger partial charge is 0.490 e. The van der Waals surface area contributed by atoms with Gasteiger partial charge < -0.3 is 14.2 Å². The Bertz CT molecular complexity index is 404. The van der Waals surface area contributed by atoms with Gasteiger partial charge in [0.15, 0.2) is 0 Å². The quantitative estimate of drug-likeness (QED) is 0.666. The van der Waals surface area contributed by atoms with E-state index in [4.69, 9.17) is 19.5 Å². The second-order valence-corrected chi connectivity index (χ2v) is 3.53. The van der Waals surface area contributed by atoms with Crippen molar-refractivity contribution in [2.75, 3.05) is 33.5 Å². The highest BCUT2D eigenvalue weighted by molar-refractivity contribution is 5.43. The van der Waals surface area contributed by atoms with Crippen LogP contribution >= 0.6 is 0 Å². The molecule has 0 atom stereocenters. The Morgan fingerprint density at radius 3 is 2.78 bits per heavy atom. The first-order valence-electron chi connectivity index (χ1n) is 5.67. The second-order valence-electron chi connectivity index (χ2n) is 3.53. The molecule has 0 bridgehead atoms. The van der Waals surface area contributed by atoms with Gasteiger partial charge >= 0.3 is 0 Å². The van der Waals surface area contributed by atoms with Crippen LogP contribution in [0, 0.1) is 17.1 Å². The maximum atomic E-state index is 13.2. The molecule has 0 spiro atoms. The summed E-state index contributed by atoms with van der Waals surface area (Å²) in [5, 5.41) is 8.78. The fourth-order valence-corrected chi connectivity index (χ4v) is 1.35. The number of ether oxygens (including phenoxy) is 3. The zero-order valence-electron chi connectivity index (χ0n) is 10.3. The first-order chi connectivity index (χ1) is 8.79. The minimum absolute atomic E-state index is 0.0723. The van der Waals surface area contributed by atoms with Crippen LogP contribution in [0.15, 0.2) is 18.2 Å². The normalized spacial score (nSPS) is 10.1. The topological polar surface area (TPSA) is 51.5 Å². The highest BCUT2D eigenvalue weighted by Crippen LogP contribution is 2.19. The lowest BCUT2D eigenvalue weighted by atomic mass is 10.2. The molecule has 1 aromatic carbocycles. The zero-order valence-corrected chi connectivity index (χ0v) is 10.3. The Morgan fingerprint density at radius 2 is 2.06 bits per heavy atom. The van der Waals surface area contributed by atoms with Crippen LogP contribution in [0.3, 0.4) is 0 Å². The Balaban J connectivity index is 2.28. The van der Waals surface area contributed by atoms with Crippen LogP contribution in [0.1, 0.15) is 12.0 Å². The summed E-state index contributed by atoms with van der Waals surface area (Å²) in [4.78, 5) is 0. The molecule has 98 valence electrons. The standard InChI is InChI=1S/C13H16FNO3/c1-16-6-3-7-17-8-9-18-13-5-2-4-12(14)11(13)10-15/h2,4-5H,3,6-9H2,1H3.